The first-order valence-electron chi connectivity index (χ1n) is 6.78. The summed E-state index contributed by atoms with van der Waals surface area (Å²) < 4.78 is 15.5. The summed E-state index contributed by atoms with van der Waals surface area (Å²) in [6, 6.07) is 7.32. The van der Waals surface area contributed by atoms with Crippen LogP contribution in [0.5, 0.6) is 0 Å². The summed E-state index contributed by atoms with van der Waals surface area (Å²) in [7, 11) is 1.96. The van der Waals surface area contributed by atoms with E-state index in [-0.39, 0.29) is 10.8 Å². The van der Waals surface area contributed by atoms with Gasteiger partial charge < -0.3 is 9.88 Å². The molecule has 1 aromatic carbocycles. The zero-order valence-electron chi connectivity index (χ0n) is 12.0. The van der Waals surface area contributed by atoms with E-state index in [2.05, 4.69) is 31.4 Å². The second-order valence-electron chi connectivity index (χ2n) is 5.34. The number of halogens is 2. The lowest BCUT2D eigenvalue weighted by atomic mass is 9.99. The fraction of sp³-hybridized carbons (Fsp3) is 0.375. The first-order valence-corrected chi connectivity index (χ1v) is 7.16. The lowest BCUT2D eigenvalue weighted by Gasteiger charge is -2.18. The largest absolute Gasteiger partial charge is 0.350 e. The molecule has 0 aliphatic carbocycles. The van der Waals surface area contributed by atoms with Crippen molar-refractivity contribution in [1.29, 1.82) is 0 Å². The van der Waals surface area contributed by atoms with E-state index >= 15 is 0 Å². The average Bonchev–Trinajstić information content (AvgIpc) is 2.84. The fourth-order valence-corrected chi connectivity index (χ4v) is 2.68. The predicted molar refractivity (Wildman–Crippen MR) is 81.6 cm³/mol. The van der Waals surface area contributed by atoms with Gasteiger partial charge in [-0.1, -0.05) is 37.6 Å². The molecule has 0 aliphatic heterocycles. The smallest absolute Gasteiger partial charge is 0.142 e. The van der Waals surface area contributed by atoms with Crippen LogP contribution in [-0.2, 0) is 6.54 Å². The highest BCUT2D eigenvalue weighted by molar-refractivity contribution is 6.31. The van der Waals surface area contributed by atoms with Gasteiger partial charge in [0, 0.05) is 25.0 Å². The van der Waals surface area contributed by atoms with Crippen molar-refractivity contribution in [2.75, 3.05) is 7.05 Å². The van der Waals surface area contributed by atoms with E-state index in [4.69, 9.17) is 11.6 Å². The van der Waals surface area contributed by atoms with E-state index < -0.39 is 0 Å². The maximum Gasteiger partial charge on any atom is 0.142 e. The van der Waals surface area contributed by atoms with Gasteiger partial charge in [0.25, 0.3) is 0 Å². The van der Waals surface area contributed by atoms with Crippen molar-refractivity contribution in [3.05, 3.63) is 58.6 Å². The quantitative estimate of drug-likeness (QED) is 0.872. The van der Waals surface area contributed by atoms with Gasteiger partial charge in [0.1, 0.15) is 5.82 Å². The minimum absolute atomic E-state index is 0.205. The maximum atomic E-state index is 13.4. The summed E-state index contributed by atoms with van der Waals surface area (Å²) in [5.41, 5.74) is 2.02. The fourth-order valence-electron chi connectivity index (χ4n) is 2.49. The maximum absolute atomic E-state index is 13.4. The third-order valence-electron chi connectivity index (χ3n) is 3.49. The van der Waals surface area contributed by atoms with E-state index in [1.54, 1.807) is 6.07 Å². The molecule has 0 spiro atoms. The zero-order chi connectivity index (χ0) is 14.7. The molecule has 20 heavy (non-hydrogen) atoms. The van der Waals surface area contributed by atoms with Crippen LogP contribution in [0.15, 0.2) is 36.7 Å². The molecule has 0 fully saturated rings. The van der Waals surface area contributed by atoms with Crippen molar-refractivity contribution in [3.8, 4) is 0 Å². The monoisotopic (exact) mass is 294 g/mol. The lowest BCUT2D eigenvalue weighted by molar-refractivity contribution is 0.443. The number of nitrogens with one attached hydrogen (secondary N) is 1. The molecule has 1 aromatic heterocycles. The van der Waals surface area contributed by atoms with E-state index in [9.17, 15) is 4.39 Å². The Labute approximate surface area is 124 Å². The van der Waals surface area contributed by atoms with E-state index in [0.29, 0.717) is 18.5 Å². The van der Waals surface area contributed by atoms with Crippen LogP contribution in [0.3, 0.4) is 0 Å². The second kappa shape index (κ2) is 6.42. The number of rotatable bonds is 5. The molecule has 4 heteroatoms. The summed E-state index contributed by atoms with van der Waals surface area (Å²) in [5, 5.41) is 3.52. The molecule has 1 N–H and O–H groups in total. The predicted octanol–water partition coefficient (Wildman–Crippen LogP) is 4.25. The van der Waals surface area contributed by atoms with Gasteiger partial charge in [-0.15, -0.1) is 0 Å². The van der Waals surface area contributed by atoms with Gasteiger partial charge in [-0.2, -0.15) is 0 Å². The van der Waals surface area contributed by atoms with Gasteiger partial charge in [0.15, 0.2) is 0 Å². The highest BCUT2D eigenvalue weighted by Crippen LogP contribution is 2.24. The van der Waals surface area contributed by atoms with Crippen LogP contribution >= 0.6 is 11.6 Å². The van der Waals surface area contributed by atoms with Crippen LogP contribution in [0.25, 0.3) is 0 Å². The Kier molecular flexibility index (Phi) is 4.84. The standard InChI is InChI=1S/C16H20ClFN2/c1-11(2)16(19-3)13-7-8-20(10-13)9-12-5-4-6-14(18)15(12)17/h4-8,10-11,16,19H,9H2,1-3H3. The molecule has 0 saturated carbocycles. The number of benzene rings is 1. The first kappa shape index (κ1) is 15.1. The molecule has 2 aromatic rings. The summed E-state index contributed by atoms with van der Waals surface area (Å²) in [5.74, 6) is 0.139. The molecule has 2 rings (SSSR count). The van der Waals surface area contributed by atoms with Gasteiger partial charge in [0.05, 0.1) is 5.02 Å². The minimum Gasteiger partial charge on any atom is -0.350 e. The number of hydrogen-bond acceptors (Lipinski definition) is 1. The molecule has 1 atom stereocenters. The highest BCUT2D eigenvalue weighted by atomic mass is 35.5. The Balaban J connectivity index is 2.19. The van der Waals surface area contributed by atoms with Gasteiger partial charge in [-0.3, -0.25) is 0 Å². The molecule has 1 heterocycles. The normalized spacial score (nSPS) is 12.9. The Morgan fingerprint density at radius 3 is 2.70 bits per heavy atom. The minimum atomic E-state index is -0.369. The van der Waals surface area contributed by atoms with Crippen LogP contribution in [0.1, 0.15) is 31.0 Å². The van der Waals surface area contributed by atoms with Crippen molar-refractivity contribution >= 4 is 11.6 Å². The number of nitrogens with zero attached hydrogens (tertiary/aromatic N) is 1. The molecule has 0 saturated heterocycles. The molecule has 108 valence electrons. The Hall–Kier alpha value is -1.32. The van der Waals surface area contributed by atoms with Crippen molar-refractivity contribution in [1.82, 2.24) is 9.88 Å². The number of hydrogen-bond donors (Lipinski definition) is 1. The lowest BCUT2D eigenvalue weighted by Crippen LogP contribution is -2.21. The van der Waals surface area contributed by atoms with Crippen LogP contribution < -0.4 is 5.32 Å². The van der Waals surface area contributed by atoms with Crippen molar-refractivity contribution < 1.29 is 4.39 Å². The Morgan fingerprint density at radius 2 is 2.05 bits per heavy atom. The molecule has 1 unspecified atom stereocenters. The third-order valence-corrected chi connectivity index (χ3v) is 3.92. The van der Waals surface area contributed by atoms with E-state index in [1.807, 2.05) is 23.9 Å². The molecule has 0 aliphatic rings. The van der Waals surface area contributed by atoms with Gasteiger partial charge >= 0.3 is 0 Å². The highest BCUT2D eigenvalue weighted by Gasteiger charge is 2.15. The van der Waals surface area contributed by atoms with Crippen LogP contribution in [0.2, 0.25) is 5.02 Å². The van der Waals surface area contributed by atoms with Crippen molar-refractivity contribution in [3.63, 3.8) is 0 Å². The number of aromatic nitrogens is 1. The van der Waals surface area contributed by atoms with Crippen LogP contribution in [-0.4, -0.2) is 11.6 Å². The molecule has 2 nitrogen and oxygen atoms in total. The molecular weight excluding hydrogens is 275 g/mol. The van der Waals surface area contributed by atoms with Crippen molar-refractivity contribution in [2.24, 2.45) is 5.92 Å². The molecule has 0 amide bonds. The molecular formula is C16H20ClFN2. The average molecular weight is 295 g/mol. The topological polar surface area (TPSA) is 17.0 Å². The molecule has 0 bridgehead atoms. The first-order chi connectivity index (χ1) is 9.52. The third kappa shape index (κ3) is 3.22. The van der Waals surface area contributed by atoms with Crippen molar-refractivity contribution in [2.45, 2.75) is 26.4 Å². The van der Waals surface area contributed by atoms with Crippen LogP contribution in [0.4, 0.5) is 4.39 Å². The summed E-state index contributed by atoms with van der Waals surface area (Å²) in [6.45, 7) is 4.94. The molecule has 0 radical (unpaired) electrons. The summed E-state index contributed by atoms with van der Waals surface area (Å²) in [6.07, 6.45) is 4.09. The zero-order valence-corrected chi connectivity index (χ0v) is 12.8. The van der Waals surface area contributed by atoms with Gasteiger partial charge in [-0.05, 0) is 36.2 Å². The van der Waals surface area contributed by atoms with Gasteiger partial charge in [-0.25, -0.2) is 4.39 Å². The summed E-state index contributed by atoms with van der Waals surface area (Å²) >= 11 is 5.99. The van der Waals surface area contributed by atoms with E-state index in [0.717, 1.165) is 5.56 Å². The summed E-state index contributed by atoms with van der Waals surface area (Å²) in [4.78, 5) is 0. The van der Waals surface area contributed by atoms with Crippen LogP contribution in [0, 0.1) is 11.7 Å². The SMILES string of the molecule is CNC(c1ccn(Cc2cccc(F)c2Cl)c1)C(C)C. The Morgan fingerprint density at radius 1 is 1.30 bits per heavy atom. The second-order valence-corrected chi connectivity index (χ2v) is 5.72. The van der Waals surface area contributed by atoms with Gasteiger partial charge in [0.2, 0.25) is 0 Å². The van der Waals surface area contributed by atoms with E-state index in [1.165, 1.54) is 11.6 Å². The Bertz CT molecular complexity index is 578.